The summed E-state index contributed by atoms with van der Waals surface area (Å²) < 4.78 is 28.4. The van der Waals surface area contributed by atoms with Crippen molar-refractivity contribution in [3.8, 4) is 5.75 Å². The molecule has 0 aliphatic heterocycles. The molecule has 6 heteroatoms. The Kier molecular flexibility index (Phi) is 6.79. The number of nitrogens with two attached hydrogens (primary N) is 1. The van der Waals surface area contributed by atoms with Crippen molar-refractivity contribution in [1.29, 1.82) is 0 Å². The van der Waals surface area contributed by atoms with Gasteiger partial charge in [0.25, 0.3) is 0 Å². The highest BCUT2D eigenvalue weighted by molar-refractivity contribution is 7.91. The van der Waals surface area contributed by atoms with Crippen LogP contribution in [0.5, 0.6) is 5.75 Å². The lowest BCUT2D eigenvalue weighted by atomic mass is 10.1. The molecule has 0 radical (unpaired) electrons. The van der Waals surface area contributed by atoms with Gasteiger partial charge in [0.2, 0.25) is 0 Å². The van der Waals surface area contributed by atoms with Gasteiger partial charge < -0.3 is 10.5 Å². The van der Waals surface area contributed by atoms with E-state index in [1.54, 1.807) is 13.0 Å². The van der Waals surface area contributed by atoms with Crippen LogP contribution in [0.25, 0.3) is 0 Å². The second kappa shape index (κ2) is 7.86. The standard InChI is InChI=1S/C14H22ClNO3S/c1-3-20(17,18)9-5-8-19-14-12(10-11(2)16)6-4-7-13(14)15/h4,6-7,11H,3,5,8-10,16H2,1-2H3. The van der Waals surface area contributed by atoms with Crippen molar-refractivity contribution in [3.05, 3.63) is 28.8 Å². The summed E-state index contributed by atoms with van der Waals surface area (Å²) in [7, 11) is -2.95. The van der Waals surface area contributed by atoms with Crippen LogP contribution in [0, 0.1) is 0 Å². The molecule has 1 unspecified atom stereocenters. The van der Waals surface area contributed by atoms with E-state index < -0.39 is 9.84 Å². The van der Waals surface area contributed by atoms with Gasteiger partial charge >= 0.3 is 0 Å². The van der Waals surface area contributed by atoms with E-state index in [0.717, 1.165) is 5.56 Å². The summed E-state index contributed by atoms with van der Waals surface area (Å²) in [5.41, 5.74) is 6.75. The average Bonchev–Trinajstić information content (AvgIpc) is 2.36. The lowest BCUT2D eigenvalue weighted by Crippen LogP contribution is -2.18. The topological polar surface area (TPSA) is 69.4 Å². The summed E-state index contributed by atoms with van der Waals surface area (Å²) in [5.74, 6) is 0.909. The second-order valence-corrected chi connectivity index (χ2v) is 7.73. The summed E-state index contributed by atoms with van der Waals surface area (Å²) in [6, 6.07) is 5.54. The summed E-state index contributed by atoms with van der Waals surface area (Å²) in [6.07, 6.45) is 1.13. The lowest BCUT2D eigenvalue weighted by Gasteiger charge is -2.14. The molecule has 0 amide bonds. The summed E-state index contributed by atoms with van der Waals surface area (Å²) >= 11 is 6.12. The Morgan fingerprint density at radius 3 is 2.70 bits per heavy atom. The minimum atomic E-state index is -2.95. The van der Waals surface area contributed by atoms with Crippen molar-refractivity contribution >= 4 is 21.4 Å². The fourth-order valence-electron chi connectivity index (χ4n) is 1.82. The van der Waals surface area contributed by atoms with E-state index in [1.165, 1.54) is 0 Å². The number of hydrogen-bond donors (Lipinski definition) is 1. The Hall–Kier alpha value is -0.780. The average molecular weight is 320 g/mol. The highest BCUT2D eigenvalue weighted by Crippen LogP contribution is 2.29. The summed E-state index contributed by atoms with van der Waals surface area (Å²) in [5, 5.41) is 0.529. The molecule has 0 aliphatic rings. The monoisotopic (exact) mass is 319 g/mol. The summed E-state index contributed by atoms with van der Waals surface area (Å²) in [6.45, 7) is 3.89. The summed E-state index contributed by atoms with van der Waals surface area (Å²) in [4.78, 5) is 0. The van der Waals surface area contributed by atoms with Gasteiger partial charge in [-0.3, -0.25) is 0 Å². The molecule has 0 saturated carbocycles. The first kappa shape index (κ1) is 17.3. The SMILES string of the molecule is CCS(=O)(=O)CCCOc1c(Cl)cccc1CC(C)N. The van der Waals surface area contributed by atoms with Gasteiger partial charge in [0.1, 0.15) is 15.6 Å². The quantitative estimate of drug-likeness (QED) is 0.747. The van der Waals surface area contributed by atoms with Crippen molar-refractivity contribution in [1.82, 2.24) is 0 Å². The predicted molar refractivity (Wildman–Crippen MR) is 83.2 cm³/mol. The van der Waals surface area contributed by atoms with Gasteiger partial charge in [0, 0.05) is 11.8 Å². The van der Waals surface area contributed by atoms with Crippen molar-refractivity contribution < 1.29 is 13.2 Å². The van der Waals surface area contributed by atoms with Crippen molar-refractivity contribution in [3.63, 3.8) is 0 Å². The Labute approximate surface area is 126 Å². The third kappa shape index (κ3) is 5.69. The van der Waals surface area contributed by atoms with E-state index in [2.05, 4.69) is 0 Å². The van der Waals surface area contributed by atoms with E-state index >= 15 is 0 Å². The number of ether oxygens (including phenoxy) is 1. The molecule has 1 rings (SSSR count). The van der Waals surface area contributed by atoms with Gasteiger partial charge in [-0.05, 0) is 31.4 Å². The molecule has 20 heavy (non-hydrogen) atoms. The van der Waals surface area contributed by atoms with Crippen LogP contribution < -0.4 is 10.5 Å². The van der Waals surface area contributed by atoms with Crippen LogP contribution in [0.1, 0.15) is 25.8 Å². The van der Waals surface area contributed by atoms with E-state index in [-0.39, 0.29) is 17.5 Å². The van der Waals surface area contributed by atoms with Crippen LogP contribution in [0.15, 0.2) is 18.2 Å². The third-order valence-corrected chi connectivity index (χ3v) is 4.96. The maximum absolute atomic E-state index is 11.4. The fourth-order valence-corrected chi connectivity index (χ4v) is 2.92. The normalized spacial score (nSPS) is 13.2. The molecule has 1 aromatic carbocycles. The highest BCUT2D eigenvalue weighted by Gasteiger charge is 2.11. The van der Waals surface area contributed by atoms with Crippen LogP contribution in [-0.2, 0) is 16.3 Å². The van der Waals surface area contributed by atoms with Crippen molar-refractivity contribution in [2.24, 2.45) is 5.73 Å². The van der Waals surface area contributed by atoms with Crippen molar-refractivity contribution in [2.75, 3.05) is 18.1 Å². The van der Waals surface area contributed by atoms with Crippen molar-refractivity contribution in [2.45, 2.75) is 32.7 Å². The van der Waals surface area contributed by atoms with Crippen LogP contribution in [-0.4, -0.2) is 32.6 Å². The van der Waals surface area contributed by atoms with Gasteiger partial charge in [-0.2, -0.15) is 0 Å². The zero-order valence-electron chi connectivity index (χ0n) is 11.9. The van der Waals surface area contributed by atoms with Gasteiger partial charge in [-0.1, -0.05) is 30.7 Å². The van der Waals surface area contributed by atoms with Crippen LogP contribution >= 0.6 is 11.6 Å². The maximum atomic E-state index is 11.4. The Morgan fingerprint density at radius 2 is 2.10 bits per heavy atom. The second-order valence-electron chi connectivity index (χ2n) is 4.85. The largest absolute Gasteiger partial charge is 0.492 e. The minimum absolute atomic E-state index is 0.0104. The first-order valence-corrected chi connectivity index (χ1v) is 8.92. The number of hydrogen-bond acceptors (Lipinski definition) is 4. The highest BCUT2D eigenvalue weighted by atomic mass is 35.5. The third-order valence-electron chi connectivity index (χ3n) is 2.88. The molecule has 4 nitrogen and oxygen atoms in total. The molecule has 0 bridgehead atoms. The zero-order chi connectivity index (χ0) is 15.2. The molecule has 2 N–H and O–H groups in total. The number of benzene rings is 1. The molecule has 0 spiro atoms. The number of halogens is 1. The molecular formula is C14H22ClNO3S. The number of para-hydroxylation sites is 1. The minimum Gasteiger partial charge on any atom is -0.492 e. The van der Waals surface area contributed by atoms with Gasteiger partial charge in [0.05, 0.1) is 17.4 Å². The lowest BCUT2D eigenvalue weighted by molar-refractivity contribution is 0.314. The van der Waals surface area contributed by atoms with Crippen LogP contribution in [0.3, 0.4) is 0 Å². The van der Waals surface area contributed by atoms with Gasteiger partial charge in [-0.15, -0.1) is 0 Å². The molecule has 0 aromatic heterocycles. The van der Waals surface area contributed by atoms with E-state index in [1.807, 2.05) is 19.1 Å². The molecule has 0 fully saturated rings. The fraction of sp³-hybridized carbons (Fsp3) is 0.571. The molecule has 0 heterocycles. The van der Waals surface area contributed by atoms with Gasteiger partial charge in [0.15, 0.2) is 0 Å². The maximum Gasteiger partial charge on any atom is 0.150 e. The Morgan fingerprint density at radius 1 is 1.40 bits per heavy atom. The number of sulfone groups is 1. The van der Waals surface area contributed by atoms with E-state index in [9.17, 15) is 8.42 Å². The van der Waals surface area contributed by atoms with E-state index in [4.69, 9.17) is 22.1 Å². The van der Waals surface area contributed by atoms with Crippen LogP contribution in [0.4, 0.5) is 0 Å². The zero-order valence-corrected chi connectivity index (χ0v) is 13.5. The molecule has 114 valence electrons. The molecular weight excluding hydrogens is 298 g/mol. The Balaban J connectivity index is 2.63. The Bertz CT molecular complexity index is 529. The number of rotatable bonds is 8. The first-order valence-electron chi connectivity index (χ1n) is 6.72. The molecule has 1 aromatic rings. The first-order chi connectivity index (χ1) is 9.35. The van der Waals surface area contributed by atoms with Crippen LogP contribution in [0.2, 0.25) is 5.02 Å². The predicted octanol–water partition coefficient (Wildman–Crippen LogP) is 2.43. The molecule has 1 atom stereocenters. The molecule has 0 saturated heterocycles. The van der Waals surface area contributed by atoms with Gasteiger partial charge in [-0.25, -0.2) is 8.42 Å². The van der Waals surface area contributed by atoms with E-state index in [0.29, 0.717) is 30.2 Å². The smallest absolute Gasteiger partial charge is 0.150 e. The molecule has 0 aliphatic carbocycles.